The van der Waals surface area contributed by atoms with Gasteiger partial charge < -0.3 is 4.90 Å². The van der Waals surface area contributed by atoms with Gasteiger partial charge in [-0.15, -0.1) is 0 Å². The highest BCUT2D eigenvalue weighted by molar-refractivity contribution is 7.08. The van der Waals surface area contributed by atoms with E-state index in [1.165, 1.54) is 30.4 Å². The van der Waals surface area contributed by atoms with Gasteiger partial charge in [0.25, 0.3) is 0 Å². The van der Waals surface area contributed by atoms with Crippen molar-refractivity contribution in [3.63, 3.8) is 0 Å². The first kappa shape index (κ1) is 15.5. The Bertz CT molecular complexity index is 740. The summed E-state index contributed by atoms with van der Waals surface area (Å²) in [5.41, 5.74) is 4.34. The van der Waals surface area contributed by atoms with Crippen molar-refractivity contribution in [2.75, 3.05) is 6.54 Å². The van der Waals surface area contributed by atoms with Crippen molar-refractivity contribution < 1.29 is 0 Å². The van der Waals surface area contributed by atoms with Crippen LogP contribution in [0.15, 0.2) is 77.7 Å². The van der Waals surface area contributed by atoms with Crippen LogP contribution < -0.4 is 0 Å². The number of nitrogens with zero attached hydrogens (tertiary/aromatic N) is 1. The molecule has 1 nitrogen and oxygen atoms in total. The second-order valence-electron chi connectivity index (χ2n) is 6.63. The molecule has 1 aromatic carbocycles. The van der Waals surface area contributed by atoms with Crippen molar-refractivity contribution in [2.24, 2.45) is 5.92 Å². The standard InChI is InChI=1S/C22H23NS/c1-2-8-19(9-3-1)22-11-4-5-13-23(22)16-18-7-6-10-20(15-18)21-12-14-24-17-21/h1-5,8-9,11-15,17-18,22H,6-7,10,16H2. The lowest BCUT2D eigenvalue weighted by molar-refractivity contribution is 0.278. The Morgan fingerprint density at radius 3 is 2.83 bits per heavy atom. The van der Waals surface area contributed by atoms with E-state index in [0.29, 0.717) is 12.0 Å². The molecule has 24 heavy (non-hydrogen) atoms. The Kier molecular flexibility index (Phi) is 4.66. The zero-order valence-corrected chi connectivity index (χ0v) is 14.7. The third-order valence-corrected chi connectivity index (χ3v) is 5.66. The molecule has 0 spiro atoms. The number of rotatable bonds is 4. The molecule has 0 saturated carbocycles. The van der Waals surface area contributed by atoms with Crippen molar-refractivity contribution in [1.29, 1.82) is 0 Å². The topological polar surface area (TPSA) is 3.24 Å². The highest BCUT2D eigenvalue weighted by atomic mass is 32.1. The van der Waals surface area contributed by atoms with E-state index < -0.39 is 0 Å². The monoisotopic (exact) mass is 333 g/mol. The summed E-state index contributed by atoms with van der Waals surface area (Å²) in [7, 11) is 0. The molecule has 0 amide bonds. The van der Waals surface area contributed by atoms with Gasteiger partial charge in [-0.3, -0.25) is 0 Å². The minimum absolute atomic E-state index is 0.358. The zero-order chi connectivity index (χ0) is 16.2. The van der Waals surface area contributed by atoms with Crippen molar-refractivity contribution in [3.05, 3.63) is 88.8 Å². The number of thiophene rings is 1. The summed E-state index contributed by atoms with van der Waals surface area (Å²) in [6.45, 7) is 1.09. The predicted octanol–water partition coefficient (Wildman–Crippen LogP) is 6.06. The van der Waals surface area contributed by atoms with Crippen LogP contribution in [0.1, 0.15) is 36.4 Å². The number of hydrogen-bond acceptors (Lipinski definition) is 2. The van der Waals surface area contributed by atoms with E-state index in [1.54, 1.807) is 16.9 Å². The molecule has 2 aliphatic rings. The van der Waals surface area contributed by atoms with Gasteiger partial charge >= 0.3 is 0 Å². The lowest BCUT2D eigenvalue weighted by Gasteiger charge is -2.34. The lowest BCUT2D eigenvalue weighted by atomic mass is 9.87. The third kappa shape index (κ3) is 3.39. The third-order valence-electron chi connectivity index (χ3n) is 4.98. The zero-order valence-electron chi connectivity index (χ0n) is 13.8. The van der Waals surface area contributed by atoms with Crippen LogP contribution in [0.5, 0.6) is 0 Å². The average molecular weight is 334 g/mol. The van der Waals surface area contributed by atoms with Crippen LogP contribution in [0.4, 0.5) is 0 Å². The molecular weight excluding hydrogens is 310 g/mol. The van der Waals surface area contributed by atoms with E-state index >= 15 is 0 Å². The maximum Gasteiger partial charge on any atom is 0.0724 e. The first-order valence-electron chi connectivity index (χ1n) is 8.79. The fourth-order valence-corrected chi connectivity index (χ4v) is 4.45. The molecule has 1 aromatic heterocycles. The van der Waals surface area contributed by atoms with E-state index in [1.807, 2.05) is 0 Å². The van der Waals surface area contributed by atoms with Gasteiger partial charge in [0, 0.05) is 6.54 Å². The number of hydrogen-bond donors (Lipinski definition) is 0. The molecule has 0 radical (unpaired) electrons. The van der Waals surface area contributed by atoms with E-state index in [4.69, 9.17) is 0 Å². The Balaban J connectivity index is 1.52. The summed E-state index contributed by atoms with van der Waals surface area (Å²) in [6.07, 6.45) is 15.2. The summed E-state index contributed by atoms with van der Waals surface area (Å²) >= 11 is 1.80. The summed E-state index contributed by atoms with van der Waals surface area (Å²) in [5, 5.41) is 4.47. The predicted molar refractivity (Wildman–Crippen MR) is 104 cm³/mol. The van der Waals surface area contributed by atoms with Crippen LogP contribution in [0, 0.1) is 5.92 Å². The van der Waals surface area contributed by atoms with Crippen LogP contribution in [0.25, 0.3) is 5.57 Å². The van der Waals surface area contributed by atoms with E-state index in [9.17, 15) is 0 Å². The fourth-order valence-electron chi connectivity index (χ4n) is 3.77. The molecule has 0 N–H and O–H groups in total. The van der Waals surface area contributed by atoms with Gasteiger partial charge in [0.05, 0.1) is 6.04 Å². The smallest absolute Gasteiger partial charge is 0.0724 e. The first-order chi connectivity index (χ1) is 11.9. The fraction of sp³-hybridized carbons (Fsp3) is 0.273. The van der Waals surface area contributed by atoms with Crippen molar-refractivity contribution in [2.45, 2.75) is 25.3 Å². The van der Waals surface area contributed by atoms with Gasteiger partial charge in [-0.05, 0) is 71.0 Å². The Morgan fingerprint density at radius 2 is 2.00 bits per heavy atom. The van der Waals surface area contributed by atoms with E-state index in [-0.39, 0.29) is 0 Å². The molecule has 0 bridgehead atoms. The molecule has 4 rings (SSSR count). The second kappa shape index (κ2) is 7.23. The van der Waals surface area contributed by atoms with Crippen LogP contribution >= 0.6 is 11.3 Å². The van der Waals surface area contributed by atoms with E-state index in [2.05, 4.69) is 82.6 Å². The molecule has 2 heteroatoms. The quantitative estimate of drug-likeness (QED) is 0.657. The molecule has 0 saturated heterocycles. The maximum atomic E-state index is 2.53. The Morgan fingerprint density at radius 1 is 1.08 bits per heavy atom. The molecule has 2 atom stereocenters. The van der Waals surface area contributed by atoms with Crippen LogP contribution in [0.2, 0.25) is 0 Å². The van der Waals surface area contributed by atoms with Crippen LogP contribution in [-0.4, -0.2) is 11.4 Å². The maximum absolute atomic E-state index is 2.53. The van der Waals surface area contributed by atoms with Crippen molar-refractivity contribution in [3.8, 4) is 0 Å². The second-order valence-corrected chi connectivity index (χ2v) is 7.42. The van der Waals surface area contributed by atoms with Crippen molar-refractivity contribution >= 4 is 16.9 Å². The minimum Gasteiger partial charge on any atom is -0.366 e. The molecule has 0 fully saturated rings. The molecule has 2 aromatic rings. The van der Waals surface area contributed by atoms with Crippen LogP contribution in [-0.2, 0) is 0 Å². The average Bonchev–Trinajstić information content (AvgIpc) is 3.18. The normalized spacial score (nSPS) is 23.3. The summed E-state index contributed by atoms with van der Waals surface area (Å²) in [6, 6.07) is 13.4. The molecule has 122 valence electrons. The number of allylic oxidation sites excluding steroid dienone is 3. The van der Waals surface area contributed by atoms with Crippen LogP contribution in [0.3, 0.4) is 0 Å². The van der Waals surface area contributed by atoms with Gasteiger partial charge in [0.2, 0.25) is 0 Å². The largest absolute Gasteiger partial charge is 0.366 e. The van der Waals surface area contributed by atoms with Crippen molar-refractivity contribution in [1.82, 2.24) is 4.90 Å². The summed E-state index contributed by atoms with van der Waals surface area (Å²) in [4.78, 5) is 2.49. The van der Waals surface area contributed by atoms with Gasteiger partial charge in [-0.2, -0.15) is 11.3 Å². The van der Waals surface area contributed by atoms with Gasteiger partial charge in [-0.1, -0.05) is 48.6 Å². The Hall–Kier alpha value is -2.06. The summed E-state index contributed by atoms with van der Waals surface area (Å²) in [5.74, 6) is 0.635. The minimum atomic E-state index is 0.358. The highest BCUT2D eigenvalue weighted by Crippen LogP contribution is 2.33. The first-order valence-corrected chi connectivity index (χ1v) is 9.73. The van der Waals surface area contributed by atoms with Gasteiger partial charge in [0.1, 0.15) is 0 Å². The molecular formula is C22H23NS. The molecule has 2 unspecified atom stereocenters. The van der Waals surface area contributed by atoms with Gasteiger partial charge in [0.15, 0.2) is 0 Å². The number of benzene rings is 1. The van der Waals surface area contributed by atoms with Gasteiger partial charge in [-0.25, -0.2) is 0 Å². The Labute approximate surface area is 148 Å². The SMILES string of the molecule is C1=CC(c2ccccc2)N(CC2C=C(c3ccsc3)CCC2)C=C1. The molecule has 1 aliphatic carbocycles. The lowest BCUT2D eigenvalue weighted by Crippen LogP contribution is -2.29. The molecule has 1 aliphatic heterocycles. The summed E-state index contributed by atoms with van der Waals surface area (Å²) < 4.78 is 0. The highest BCUT2D eigenvalue weighted by Gasteiger charge is 2.22. The molecule has 2 heterocycles. The van der Waals surface area contributed by atoms with E-state index in [0.717, 1.165) is 6.54 Å².